The van der Waals surface area contributed by atoms with Gasteiger partial charge in [0.25, 0.3) is 0 Å². The lowest BCUT2D eigenvalue weighted by molar-refractivity contribution is -0.154. The molecule has 8 atom stereocenters. The van der Waals surface area contributed by atoms with E-state index in [4.69, 9.17) is 9.84 Å². The van der Waals surface area contributed by atoms with Crippen LogP contribution in [-0.4, -0.2) is 53.5 Å². The SMILES string of the molecule is CN(CCO)C(=O)OC1CC[C@@]2(C)C(CC[C@@H]3[C@@H]2CC[C@]2(C)C(C(=O)O)CC[C@@H]32)C1. The van der Waals surface area contributed by atoms with Crippen molar-refractivity contribution in [2.75, 3.05) is 20.2 Å². The summed E-state index contributed by atoms with van der Waals surface area (Å²) in [6, 6.07) is 0. The Morgan fingerprint density at radius 1 is 1.00 bits per heavy atom. The van der Waals surface area contributed by atoms with E-state index in [1.165, 1.54) is 17.7 Å². The number of carboxylic acid groups (broad SMARTS) is 1. The summed E-state index contributed by atoms with van der Waals surface area (Å²) in [5, 5.41) is 18.8. The number of carboxylic acids is 1. The molecule has 6 nitrogen and oxygen atoms in total. The van der Waals surface area contributed by atoms with E-state index < -0.39 is 5.97 Å². The number of rotatable bonds is 4. The zero-order valence-corrected chi connectivity index (χ0v) is 18.8. The highest BCUT2D eigenvalue weighted by Gasteiger charge is 2.61. The molecule has 3 unspecified atom stereocenters. The number of fused-ring (bicyclic) bond motifs is 5. The Labute approximate surface area is 180 Å². The lowest BCUT2D eigenvalue weighted by atomic mass is 9.44. The summed E-state index contributed by atoms with van der Waals surface area (Å²) in [6.45, 7) is 4.97. The summed E-state index contributed by atoms with van der Waals surface area (Å²) >= 11 is 0. The molecule has 0 bridgehead atoms. The Balaban J connectivity index is 1.44. The van der Waals surface area contributed by atoms with Crippen molar-refractivity contribution in [2.45, 2.75) is 77.7 Å². The number of nitrogens with zero attached hydrogens (tertiary/aromatic N) is 1. The van der Waals surface area contributed by atoms with Crippen molar-refractivity contribution in [3.8, 4) is 0 Å². The Morgan fingerprint density at radius 3 is 2.40 bits per heavy atom. The standard InChI is InChI=1S/C24H39NO5/c1-23-10-8-16(30-22(29)25(3)12-13-26)14-15(23)4-5-17-18-6-7-20(21(27)28)24(18,2)11-9-19(17)23/h15-20,26H,4-14H2,1-3H3,(H,27,28)/t15?,16?,17-,18-,19-,20?,23-,24-/m0/s1. The summed E-state index contributed by atoms with van der Waals surface area (Å²) in [4.78, 5) is 25.6. The summed E-state index contributed by atoms with van der Waals surface area (Å²) in [7, 11) is 1.67. The molecule has 6 heteroatoms. The largest absolute Gasteiger partial charge is 0.481 e. The zero-order chi connectivity index (χ0) is 21.7. The molecule has 4 saturated carbocycles. The molecule has 0 aromatic heterocycles. The number of carbonyl (C=O) groups excluding carboxylic acids is 1. The quantitative estimate of drug-likeness (QED) is 0.712. The van der Waals surface area contributed by atoms with Gasteiger partial charge in [0.1, 0.15) is 6.10 Å². The predicted molar refractivity (Wildman–Crippen MR) is 113 cm³/mol. The van der Waals surface area contributed by atoms with Gasteiger partial charge in [0.05, 0.1) is 12.5 Å². The molecular weight excluding hydrogens is 382 g/mol. The van der Waals surface area contributed by atoms with Crippen LogP contribution in [0.25, 0.3) is 0 Å². The molecule has 4 fully saturated rings. The van der Waals surface area contributed by atoms with Crippen LogP contribution in [0.3, 0.4) is 0 Å². The van der Waals surface area contributed by atoms with Gasteiger partial charge < -0.3 is 19.8 Å². The van der Waals surface area contributed by atoms with Gasteiger partial charge in [-0.1, -0.05) is 13.8 Å². The van der Waals surface area contributed by atoms with Gasteiger partial charge in [-0.05, 0) is 92.3 Å². The van der Waals surface area contributed by atoms with E-state index in [1.54, 1.807) is 7.05 Å². The number of hydrogen-bond acceptors (Lipinski definition) is 4. The summed E-state index contributed by atoms with van der Waals surface area (Å²) < 4.78 is 5.77. The van der Waals surface area contributed by atoms with E-state index in [-0.39, 0.29) is 35.6 Å². The molecule has 4 rings (SSSR count). The van der Waals surface area contributed by atoms with Crippen LogP contribution in [0, 0.1) is 40.4 Å². The van der Waals surface area contributed by atoms with Crippen molar-refractivity contribution in [3.63, 3.8) is 0 Å². The van der Waals surface area contributed by atoms with Gasteiger partial charge in [-0.25, -0.2) is 4.79 Å². The van der Waals surface area contributed by atoms with Crippen molar-refractivity contribution < 1.29 is 24.5 Å². The summed E-state index contributed by atoms with van der Waals surface area (Å²) in [5.74, 6) is 1.71. The van der Waals surface area contributed by atoms with Crippen LogP contribution < -0.4 is 0 Å². The van der Waals surface area contributed by atoms with Crippen LogP contribution in [0.15, 0.2) is 0 Å². The number of aliphatic hydroxyl groups excluding tert-OH is 1. The monoisotopic (exact) mass is 421 g/mol. The maximum absolute atomic E-state index is 12.3. The topological polar surface area (TPSA) is 87.1 Å². The first kappa shape index (κ1) is 21.9. The second-order valence-electron chi connectivity index (χ2n) is 11.1. The minimum atomic E-state index is -0.591. The Hall–Kier alpha value is -1.30. The van der Waals surface area contributed by atoms with E-state index in [1.807, 2.05) is 0 Å². The lowest BCUT2D eigenvalue weighted by Crippen LogP contribution is -2.54. The van der Waals surface area contributed by atoms with Gasteiger partial charge in [0.2, 0.25) is 0 Å². The van der Waals surface area contributed by atoms with E-state index >= 15 is 0 Å². The Morgan fingerprint density at radius 2 is 1.70 bits per heavy atom. The van der Waals surface area contributed by atoms with Crippen molar-refractivity contribution in [1.82, 2.24) is 4.90 Å². The molecule has 1 amide bonds. The van der Waals surface area contributed by atoms with Crippen molar-refractivity contribution in [2.24, 2.45) is 40.4 Å². The molecule has 4 aliphatic rings. The first-order valence-corrected chi connectivity index (χ1v) is 12.0. The van der Waals surface area contributed by atoms with Crippen molar-refractivity contribution in [1.29, 1.82) is 0 Å². The third kappa shape index (κ3) is 3.43. The maximum atomic E-state index is 12.3. The average molecular weight is 422 g/mol. The van der Waals surface area contributed by atoms with E-state index in [0.29, 0.717) is 30.2 Å². The molecule has 170 valence electrons. The van der Waals surface area contributed by atoms with Crippen LogP contribution in [0.2, 0.25) is 0 Å². The third-order valence-electron chi connectivity index (χ3n) is 9.93. The normalized spacial score (nSPS) is 45.1. The molecule has 2 N–H and O–H groups in total. The molecule has 0 heterocycles. The highest BCUT2D eigenvalue weighted by atomic mass is 16.6. The smallest absolute Gasteiger partial charge is 0.409 e. The number of hydrogen-bond donors (Lipinski definition) is 2. The van der Waals surface area contributed by atoms with Crippen LogP contribution in [0.1, 0.15) is 71.6 Å². The zero-order valence-electron chi connectivity index (χ0n) is 18.8. The predicted octanol–water partition coefficient (Wildman–Crippen LogP) is 4.16. The maximum Gasteiger partial charge on any atom is 0.409 e. The minimum absolute atomic E-state index is 0.0232. The first-order valence-electron chi connectivity index (χ1n) is 12.0. The van der Waals surface area contributed by atoms with Crippen LogP contribution in [-0.2, 0) is 9.53 Å². The molecule has 0 aliphatic heterocycles. The fraction of sp³-hybridized carbons (Fsp3) is 0.917. The van der Waals surface area contributed by atoms with Crippen LogP contribution >= 0.6 is 0 Å². The Bertz CT molecular complexity index is 683. The van der Waals surface area contributed by atoms with Crippen molar-refractivity contribution in [3.05, 3.63) is 0 Å². The molecule has 4 aliphatic carbocycles. The van der Waals surface area contributed by atoms with E-state index in [0.717, 1.165) is 44.9 Å². The average Bonchev–Trinajstić information content (AvgIpc) is 3.06. The van der Waals surface area contributed by atoms with Gasteiger partial charge in [0.15, 0.2) is 0 Å². The van der Waals surface area contributed by atoms with E-state index in [2.05, 4.69) is 13.8 Å². The fourth-order valence-electron chi connectivity index (χ4n) is 8.21. The van der Waals surface area contributed by atoms with Gasteiger partial charge in [-0.2, -0.15) is 0 Å². The summed E-state index contributed by atoms with van der Waals surface area (Å²) in [6.07, 6.45) is 9.08. The number of aliphatic hydroxyl groups is 1. The first-order chi connectivity index (χ1) is 14.2. The lowest BCUT2D eigenvalue weighted by Gasteiger charge is -2.60. The van der Waals surface area contributed by atoms with Gasteiger partial charge in [-0.3, -0.25) is 4.79 Å². The van der Waals surface area contributed by atoms with Gasteiger partial charge in [-0.15, -0.1) is 0 Å². The number of aliphatic carboxylic acids is 1. The number of amides is 1. The highest BCUT2D eigenvalue weighted by molar-refractivity contribution is 5.71. The van der Waals surface area contributed by atoms with Crippen molar-refractivity contribution >= 4 is 12.1 Å². The fourth-order valence-corrected chi connectivity index (χ4v) is 8.21. The second kappa shape index (κ2) is 7.99. The number of ether oxygens (including phenoxy) is 1. The highest BCUT2D eigenvalue weighted by Crippen LogP contribution is 2.67. The van der Waals surface area contributed by atoms with Gasteiger partial charge in [0, 0.05) is 13.6 Å². The number of likely N-dealkylation sites (N-methyl/N-ethyl adjacent to an activating group) is 1. The molecule has 0 radical (unpaired) electrons. The minimum Gasteiger partial charge on any atom is -0.481 e. The third-order valence-corrected chi connectivity index (χ3v) is 9.93. The van der Waals surface area contributed by atoms with Gasteiger partial charge >= 0.3 is 12.1 Å². The molecule has 30 heavy (non-hydrogen) atoms. The summed E-state index contributed by atoms with van der Waals surface area (Å²) in [5.41, 5.74) is 0.256. The molecule has 0 saturated heterocycles. The van der Waals surface area contributed by atoms with Crippen LogP contribution in [0.4, 0.5) is 4.79 Å². The second-order valence-corrected chi connectivity index (χ2v) is 11.1. The molecule has 0 spiro atoms. The molecular formula is C24H39NO5. The Kier molecular flexibility index (Phi) is 5.84. The molecule has 0 aromatic rings. The molecule has 0 aromatic carbocycles. The number of carbonyl (C=O) groups is 2. The van der Waals surface area contributed by atoms with Crippen LogP contribution in [0.5, 0.6) is 0 Å². The van der Waals surface area contributed by atoms with E-state index in [9.17, 15) is 14.7 Å².